The van der Waals surface area contributed by atoms with Crippen molar-refractivity contribution < 1.29 is 13.2 Å². The molecule has 0 N–H and O–H groups in total. The van der Waals surface area contributed by atoms with Crippen LogP contribution in [-0.4, -0.2) is 4.98 Å². The Balaban J connectivity index is 3.44. The standard InChI is InChI=1S/C12H18F3NS/c1-10(2,3)7-8(11(4,5)6)17-9(16-7)12(13,14)15/h1-6H3. The molecule has 0 saturated heterocycles. The van der Waals surface area contributed by atoms with Crippen LogP contribution in [0.5, 0.6) is 0 Å². The highest BCUT2D eigenvalue weighted by molar-refractivity contribution is 7.12. The number of hydrogen-bond acceptors (Lipinski definition) is 2. The molecule has 1 rings (SSSR count). The Labute approximate surface area is 104 Å². The first kappa shape index (κ1) is 14.5. The lowest BCUT2D eigenvalue weighted by Crippen LogP contribution is -2.20. The van der Waals surface area contributed by atoms with Gasteiger partial charge in [-0.1, -0.05) is 41.5 Å². The Morgan fingerprint density at radius 3 is 1.59 bits per heavy atom. The molecular formula is C12H18F3NS. The second kappa shape index (κ2) is 3.97. The summed E-state index contributed by atoms with van der Waals surface area (Å²) in [6, 6.07) is 0. The summed E-state index contributed by atoms with van der Waals surface area (Å²) in [7, 11) is 0. The van der Waals surface area contributed by atoms with Crippen LogP contribution in [0.1, 0.15) is 57.1 Å². The van der Waals surface area contributed by atoms with Crippen LogP contribution in [0.15, 0.2) is 0 Å². The predicted molar refractivity (Wildman–Crippen MR) is 64.5 cm³/mol. The lowest BCUT2D eigenvalue weighted by molar-refractivity contribution is -0.137. The zero-order valence-corrected chi connectivity index (χ0v) is 11.8. The van der Waals surface area contributed by atoms with E-state index in [9.17, 15) is 13.2 Å². The van der Waals surface area contributed by atoms with E-state index in [-0.39, 0.29) is 10.8 Å². The topological polar surface area (TPSA) is 12.9 Å². The molecule has 5 heteroatoms. The molecule has 0 aromatic carbocycles. The van der Waals surface area contributed by atoms with Gasteiger partial charge in [0.15, 0.2) is 5.01 Å². The van der Waals surface area contributed by atoms with Gasteiger partial charge in [0.2, 0.25) is 0 Å². The van der Waals surface area contributed by atoms with E-state index in [1.165, 1.54) is 0 Å². The Hall–Kier alpha value is -0.580. The van der Waals surface area contributed by atoms with Gasteiger partial charge >= 0.3 is 6.18 Å². The smallest absolute Gasteiger partial charge is 0.236 e. The van der Waals surface area contributed by atoms with Crippen LogP contribution in [0.2, 0.25) is 0 Å². The fourth-order valence-corrected chi connectivity index (χ4v) is 2.66. The molecule has 0 unspecified atom stereocenters. The quantitative estimate of drug-likeness (QED) is 0.659. The van der Waals surface area contributed by atoms with Gasteiger partial charge < -0.3 is 0 Å². The van der Waals surface area contributed by atoms with Crippen LogP contribution >= 0.6 is 11.3 Å². The zero-order valence-electron chi connectivity index (χ0n) is 11.0. The number of rotatable bonds is 0. The van der Waals surface area contributed by atoms with Gasteiger partial charge in [-0.15, -0.1) is 11.3 Å². The molecule has 1 aromatic rings. The first-order valence-electron chi connectivity index (χ1n) is 5.42. The van der Waals surface area contributed by atoms with Crippen molar-refractivity contribution in [3.8, 4) is 0 Å². The van der Waals surface area contributed by atoms with Crippen LogP contribution in [-0.2, 0) is 17.0 Å². The molecule has 0 amide bonds. The minimum absolute atomic E-state index is 0.316. The normalized spacial score (nSPS) is 14.2. The number of thiazole rings is 1. The average Bonchev–Trinajstić information content (AvgIpc) is 2.42. The van der Waals surface area contributed by atoms with Gasteiger partial charge in [0.1, 0.15) is 0 Å². The summed E-state index contributed by atoms with van der Waals surface area (Å²) >= 11 is 0.764. The maximum Gasteiger partial charge on any atom is 0.443 e. The summed E-state index contributed by atoms with van der Waals surface area (Å²) in [6.45, 7) is 11.4. The van der Waals surface area contributed by atoms with E-state index in [1.54, 1.807) is 0 Å². The van der Waals surface area contributed by atoms with Crippen molar-refractivity contribution in [1.29, 1.82) is 0 Å². The first-order chi connectivity index (χ1) is 7.33. The number of nitrogens with zero attached hydrogens (tertiary/aromatic N) is 1. The van der Waals surface area contributed by atoms with Gasteiger partial charge in [-0.25, -0.2) is 4.98 Å². The van der Waals surface area contributed by atoms with Gasteiger partial charge in [0, 0.05) is 10.3 Å². The molecule has 0 bridgehead atoms. The van der Waals surface area contributed by atoms with Crippen molar-refractivity contribution in [3.05, 3.63) is 15.6 Å². The van der Waals surface area contributed by atoms with Crippen molar-refractivity contribution in [2.24, 2.45) is 0 Å². The highest BCUT2D eigenvalue weighted by Crippen LogP contribution is 2.42. The van der Waals surface area contributed by atoms with Crippen LogP contribution in [0, 0.1) is 0 Å². The van der Waals surface area contributed by atoms with Crippen molar-refractivity contribution in [3.63, 3.8) is 0 Å². The third-order valence-corrected chi connectivity index (χ3v) is 3.79. The summed E-state index contributed by atoms with van der Waals surface area (Å²) < 4.78 is 38.1. The highest BCUT2D eigenvalue weighted by atomic mass is 32.1. The van der Waals surface area contributed by atoms with Gasteiger partial charge in [-0.05, 0) is 5.41 Å². The molecule has 1 nitrogen and oxygen atoms in total. The summed E-state index contributed by atoms with van der Waals surface area (Å²) in [5.41, 5.74) is -0.130. The molecule has 0 radical (unpaired) electrons. The molecule has 0 saturated carbocycles. The fourth-order valence-electron chi connectivity index (χ4n) is 1.46. The molecule has 98 valence electrons. The van der Waals surface area contributed by atoms with Crippen molar-refractivity contribution in [2.75, 3.05) is 0 Å². The zero-order chi connectivity index (χ0) is 13.6. The van der Waals surface area contributed by atoms with E-state index in [0.717, 1.165) is 16.2 Å². The fraction of sp³-hybridized carbons (Fsp3) is 0.750. The van der Waals surface area contributed by atoms with E-state index in [1.807, 2.05) is 41.5 Å². The molecule has 0 aliphatic rings. The number of hydrogen-bond donors (Lipinski definition) is 0. The van der Waals surface area contributed by atoms with E-state index < -0.39 is 11.2 Å². The molecule has 0 fully saturated rings. The maximum absolute atomic E-state index is 12.7. The second-order valence-electron chi connectivity index (χ2n) is 6.19. The van der Waals surface area contributed by atoms with Crippen molar-refractivity contribution in [1.82, 2.24) is 4.98 Å². The SMILES string of the molecule is CC(C)(C)c1nc(C(F)(F)F)sc1C(C)(C)C. The molecule has 17 heavy (non-hydrogen) atoms. The Bertz CT molecular complexity index is 373. The Morgan fingerprint density at radius 2 is 1.35 bits per heavy atom. The van der Waals surface area contributed by atoms with E-state index in [0.29, 0.717) is 5.69 Å². The molecule has 0 atom stereocenters. The molecule has 0 aliphatic carbocycles. The third kappa shape index (κ3) is 3.21. The molecule has 1 aromatic heterocycles. The van der Waals surface area contributed by atoms with Crippen LogP contribution < -0.4 is 0 Å². The molecule has 1 heterocycles. The number of aromatic nitrogens is 1. The van der Waals surface area contributed by atoms with Gasteiger partial charge in [-0.2, -0.15) is 13.2 Å². The first-order valence-corrected chi connectivity index (χ1v) is 6.24. The lowest BCUT2D eigenvalue weighted by atomic mass is 9.84. The van der Waals surface area contributed by atoms with E-state index in [2.05, 4.69) is 4.98 Å². The second-order valence-corrected chi connectivity index (χ2v) is 7.19. The van der Waals surface area contributed by atoms with Crippen molar-refractivity contribution >= 4 is 11.3 Å². The summed E-state index contributed by atoms with van der Waals surface area (Å²) in [5.74, 6) is 0. The minimum Gasteiger partial charge on any atom is -0.236 e. The number of alkyl halides is 3. The Morgan fingerprint density at radius 1 is 0.882 bits per heavy atom. The number of halogens is 3. The lowest BCUT2D eigenvalue weighted by Gasteiger charge is -2.24. The molecular weight excluding hydrogens is 247 g/mol. The van der Waals surface area contributed by atoms with Crippen LogP contribution in [0.4, 0.5) is 13.2 Å². The average molecular weight is 265 g/mol. The van der Waals surface area contributed by atoms with Crippen molar-refractivity contribution in [2.45, 2.75) is 58.5 Å². The largest absolute Gasteiger partial charge is 0.443 e. The summed E-state index contributed by atoms with van der Waals surface area (Å²) in [5, 5.41) is -0.743. The Kier molecular flexibility index (Phi) is 3.38. The van der Waals surface area contributed by atoms with Gasteiger partial charge in [0.25, 0.3) is 0 Å². The third-order valence-electron chi connectivity index (χ3n) is 2.26. The molecule has 0 aliphatic heterocycles. The van der Waals surface area contributed by atoms with Gasteiger partial charge in [-0.3, -0.25) is 0 Å². The predicted octanol–water partition coefficient (Wildman–Crippen LogP) is 4.76. The highest BCUT2D eigenvalue weighted by Gasteiger charge is 2.39. The van der Waals surface area contributed by atoms with Crippen LogP contribution in [0.25, 0.3) is 0 Å². The van der Waals surface area contributed by atoms with E-state index in [4.69, 9.17) is 0 Å². The summed E-state index contributed by atoms with van der Waals surface area (Å²) in [4.78, 5) is 4.53. The molecule has 0 spiro atoms. The summed E-state index contributed by atoms with van der Waals surface area (Å²) in [6.07, 6.45) is -4.35. The minimum atomic E-state index is -4.35. The monoisotopic (exact) mass is 265 g/mol. The van der Waals surface area contributed by atoms with E-state index >= 15 is 0 Å². The van der Waals surface area contributed by atoms with Gasteiger partial charge in [0.05, 0.1) is 5.69 Å². The maximum atomic E-state index is 12.7. The van der Waals surface area contributed by atoms with Crippen LogP contribution in [0.3, 0.4) is 0 Å².